The first-order chi connectivity index (χ1) is 9.20. The third-order valence-electron chi connectivity index (χ3n) is 2.43. The molecule has 0 saturated carbocycles. The normalized spacial score (nSPS) is 9.74. The number of nitrogens with one attached hydrogen (secondary N) is 1. The lowest BCUT2D eigenvalue weighted by Gasteiger charge is -2.10. The van der Waals surface area contributed by atoms with E-state index in [1.54, 1.807) is 48.5 Å². The number of ether oxygens (including phenoxy) is 1. The molecule has 1 N–H and O–H groups in total. The van der Waals surface area contributed by atoms with Gasteiger partial charge in [-0.15, -0.1) is 0 Å². The molecule has 0 atom stereocenters. The summed E-state index contributed by atoms with van der Waals surface area (Å²) in [6, 6.07) is 13.8. The number of esters is 1. The maximum absolute atomic E-state index is 11.6. The highest BCUT2D eigenvalue weighted by Gasteiger charge is 2.12. The van der Waals surface area contributed by atoms with E-state index < -0.39 is 5.97 Å². The minimum atomic E-state index is -0.702. The average molecular weight is 276 g/mol. The fourth-order valence-electron chi connectivity index (χ4n) is 1.57. The van der Waals surface area contributed by atoms with Crippen LogP contribution in [0.5, 0.6) is 0 Å². The topological polar surface area (TPSA) is 55.4 Å². The molecule has 0 aliphatic carbocycles. The van der Waals surface area contributed by atoms with Gasteiger partial charge in [0.15, 0.2) is 0 Å². The van der Waals surface area contributed by atoms with Gasteiger partial charge in [0.2, 0.25) is 0 Å². The largest absolute Gasteiger partial charge is 0.392 e. The van der Waals surface area contributed by atoms with Crippen LogP contribution in [-0.2, 0) is 9.53 Å². The first-order valence-electron chi connectivity index (χ1n) is 5.47. The zero-order valence-electron chi connectivity index (χ0n) is 9.80. The van der Waals surface area contributed by atoms with Crippen molar-refractivity contribution in [2.45, 2.75) is 0 Å². The minimum Gasteiger partial charge on any atom is -0.392 e. The van der Waals surface area contributed by atoms with Crippen molar-refractivity contribution in [2.24, 2.45) is 0 Å². The molecule has 19 heavy (non-hydrogen) atoms. The molecule has 2 aromatic carbocycles. The second-order valence-corrected chi connectivity index (χ2v) is 4.12. The fourth-order valence-corrected chi connectivity index (χ4v) is 1.69. The summed E-state index contributed by atoms with van der Waals surface area (Å²) in [5.74, 6) is -0.702. The van der Waals surface area contributed by atoms with Gasteiger partial charge in [-0.3, -0.25) is 4.79 Å². The van der Waals surface area contributed by atoms with Crippen molar-refractivity contribution in [3.63, 3.8) is 0 Å². The molecule has 2 aromatic rings. The van der Waals surface area contributed by atoms with Gasteiger partial charge in [0, 0.05) is 10.7 Å². The molecule has 0 fully saturated rings. The fraction of sp³-hybridized carbons (Fsp3) is 0. The Morgan fingerprint density at radius 2 is 1.79 bits per heavy atom. The van der Waals surface area contributed by atoms with Crippen LogP contribution in [-0.4, -0.2) is 12.4 Å². The van der Waals surface area contributed by atoms with Gasteiger partial charge >= 0.3 is 12.4 Å². The Labute approximate surface area is 115 Å². The van der Waals surface area contributed by atoms with E-state index in [2.05, 4.69) is 10.1 Å². The predicted molar refractivity (Wildman–Crippen MR) is 72.7 cm³/mol. The first-order valence-corrected chi connectivity index (χ1v) is 5.85. The molecule has 0 heterocycles. The van der Waals surface area contributed by atoms with Crippen LogP contribution in [0.25, 0.3) is 0 Å². The van der Waals surface area contributed by atoms with Crippen LogP contribution < -0.4 is 5.32 Å². The Bertz CT molecular complexity index is 596. The van der Waals surface area contributed by atoms with E-state index in [1.165, 1.54) is 0 Å². The Morgan fingerprint density at radius 1 is 1.11 bits per heavy atom. The molecule has 96 valence electrons. The molecule has 0 radical (unpaired) electrons. The van der Waals surface area contributed by atoms with Crippen LogP contribution in [0.15, 0.2) is 48.5 Å². The van der Waals surface area contributed by atoms with Gasteiger partial charge in [0.05, 0.1) is 11.3 Å². The Morgan fingerprint density at radius 3 is 2.47 bits per heavy atom. The molecule has 0 aliphatic rings. The van der Waals surface area contributed by atoms with E-state index in [4.69, 9.17) is 11.6 Å². The van der Waals surface area contributed by atoms with Crippen molar-refractivity contribution < 1.29 is 14.3 Å². The number of carbonyl (C=O) groups is 2. The van der Waals surface area contributed by atoms with Gasteiger partial charge in [-0.05, 0) is 36.4 Å². The van der Waals surface area contributed by atoms with E-state index in [0.717, 1.165) is 5.69 Å². The molecule has 4 nitrogen and oxygen atoms in total. The summed E-state index contributed by atoms with van der Waals surface area (Å²) in [6.45, 7) is 0.113. The zero-order valence-corrected chi connectivity index (χ0v) is 10.6. The van der Waals surface area contributed by atoms with Crippen LogP contribution in [0.3, 0.4) is 0 Å². The summed E-state index contributed by atoms with van der Waals surface area (Å²) in [4.78, 5) is 21.8. The van der Waals surface area contributed by atoms with E-state index in [1.807, 2.05) is 0 Å². The molecule has 0 aliphatic heterocycles. The summed E-state index contributed by atoms with van der Waals surface area (Å²) in [5.41, 5.74) is 1.61. The lowest BCUT2D eigenvalue weighted by atomic mass is 10.1. The molecule has 0 bridgehead atoms. The van der Waals surface area contributed by atoms with Gasteiger partial charge in [-0.25, -0.2) is 4.79 Å². The molecule has 2 rings (SSSR count). The quantitative estimate of drug-likeness (QED) is 0.528. The molecule has 0 unspecified atom stereocenters. The van der Waals surface area contributed by atoms with E-state index in [-0.39, 0.29) is 12.0 Å². The number of carbonyl (C=O) groups excluding carboxylic acids is 2. The summed E-state index contributed by atoms with van der Waals surface area (Å²) < 4.78 is 4.34. The SMILES string of the molecule is O=COC(=O)c1ccccc1Nc1ccc(Cl)cc1. The molecule has 0 saturated heterocycles. The van der Waals surface area contributed by atoms with Crippen molar-refractivity contribution in [1.82, 2.24) is 0 Å². The number of halogens is 1. The number of hydrogen-bond donors (Lipinski definition) is 1. The van der Waals surface area contributed by atoms with Crippen molar-refractivity contribution in [3.8, 4) is 0 Å². The van der Waals surface area contributed by atoms with Crippen LogP contribution in [0, 0.1) is 0 Å². The number of benzene rings is 2. The maximum atomic E-state index is 11.6. The number of rotatable bonds is 4. The van der Waals surface area contributed by atoms with Crippen molar-refractivity contribution in [3.05, 3.63) is 59.1 Å². The summed E-state index contributed by atoms with van der Waals surface area (Å²) >= 11 is 5.80. The Balaban J connectivity index is 2.27. The monoisotopic (exact) mass is 275 g/mol. The Hall–Kier alpha value is -2.33. The maximum Gasteiger partial charge on any atom is 0.347 e. The highest BCUT2D eigenvalue weighted by Crippen LogP contribution is 2.22. The van der Waals surface area contributed by atoms with Gasteiger partial charge in [-0.2, -0.15) is 0 Å². The van der Waals surface area contributed by atoms with Gasteiger partial charge in [-0.1, -0.05) is 23.7 Å². The number of hydrogen-bond acceptors (Lipinski definition) is 4. The van der Waals surface area contributed by atoms with Crippen LogP contribution in [0.4, 0.5) is 11.4 Å². The summed E-state index contributed by atoms with van der Waals surface area (Å²) in [5, 5.41) is 3.69. The second kappa shape index (κ2) is 6.02. The highest BCUT2D eigenvalue weighted by atomic mass is 35.5. The van der Waals surface area contributed by atoms with Crippen molar-refractivity contribution in [1.29, 1.82) is 0 Å². The minimum absolute atomic E-state index is 0.113. The van der Waals surface area contributed by atoms with Crippen LogP contribution >= 0.6 is 11.6 Å². The summed E-state index contributed by atoms with van der Waals surface area (Å²) in [6.07, 6.45) is 0. The molecular weight excluding hydrogens is 266 g/mol. The van der Waals surface area contributed by atoms with Gasteiger partial charge in [0.25, 0.3) is 0 Å². The molecule has 5 heteroatoms. The van der Waals surface area contributed by atoms with E-state index in [9.17, 15) is 9.59 Å². The van der Waals surface area contributed by atoms with Gasteiger partial charge < -0.3 is 10.1 Å². The lowest BCUT2D eigenvalue weighted by molar-refractivity contribution is -0.123. The van der Waals surface area contributed by atoms with E-state index >= 15 is 0 Å². The lowest BCUT2D eigenvalue weighted by Crippen LogP contribution is -2.06. The van der Waals surface area contributed by atoms with Crippen LogP contribution in [0.1, 0.15) is 10.4 Å². The summed E-state index contributed by atoms with van der Waals surface area (Å²) in [7, 11) is 0. The third-order valence-corrected chi connectivity index (χ3v) is 2.68. The number of para-hydroxylation sites is 1. The van der Waals surface area contributed by atoms with Crippen molar-refractivity contribution >= 4 is 35.4 Å². The highest BCUT2D eigenvalue weighted by molar-refractivity contribution is 6.30. The second-order valence-electron chi connectivity index (χ2n) is 3.68. The smallest absolute Gasteiger partial charge is 0.347 e. The zero-order chi connectivity index (χ0) is 13.7. The van der Waals surface area contributed by atoms with Crippen LogP contribution in [0.2, 0.25) is 5.02 Å². The molecule has 0 spiro atoms. The third kappa shape index (κ3) is 3.33. The number of anilines is 2. The predicted octanol–water partition coefficient (Wildman–Crippen LogP) is 3.40. The Kier molecular flexibility index (Phi) is 4.15. The molecular formula is C14H10ClNO3. The van der Waals surface area contributed by atoms with Crippen molar-refractivity contribution in [2.75, 3.05) is 5.32 Å². The average Bonchev–Trinajstić information content (AvgIpc) is 2.42. The molecule has 0 aromatic heterocycles. The van der Waals surface area contributed by atoms with Gasteiger partial charge in [0.1, 0.15) is 0 Å². The first kappa shape index (κ1) is 13.1. The van der Waals surface area contributed by atoms with E-state index in [0.29, 0.717) is 10.7 Å². The standard InChI is InChI=1S/C14H10ClNO3/c15-10-5-7-11(8-6-10)16-13-4-2-1-3-12(13)14(18)19-9-17/h1-9,16H. The molecule has 0 amide bonds.